The molecule has 28 heavy (non-hydrogen) atoms. The fourth-order valence-electron chi connectivity index (χ4n) is 4.38. The van der Waals surface area contributed by atoms with E-state index in [1.807, 2.05) is 24.0 Å². The van der Waals surface area contributed by atoms with E-state index in [1.165, 1.54) is 11.1 Å². The lowest BCUT2D eigenvalue weighted by Crippen LogP contribution is -2.45. The van der Waals surface area contributed by atoms with Gasteiger partial charge in [-0.3, -0.25) is 9.78 Å². The molecule has 1 amide bonds. The van der Waals surface area contributed by atoms with Gasteiger partial charge in [0.2, 0.25) is 5.91 Å². The van der Waals surface area contributed by atoms with Crippen molar-refractivity contribution in [3.8, 4) is 0 Å². The van der Waals surface area contributed by atoms with Crippen LogP contribution in [0.25, 0.3) is 10.9 Å². The number of fused-ring (bicyclic) bond motifs is 1. The number of aryl methyl sites for hydroxylation is 3. The van der Waals surface area contributed by atoms with Crippen LogP contribution >= 0.6 is 0 Å². The fraction of sp³-hybridized carbons (Fsp3) is 0.391. The molecule has 5 nitrogen and oxygen atoms in total. The molecular weight excluding hydrogens is 350 g/mol. The van der Waals surface area contributed by atoms with Gasteiger partial charge in [-0.2, -0.15) is 0 Å². The van der Waals surface area contributed by atoms with Crippen LogP contribution in [0.3, 0.4) is 0 Å². The molecule has 0 bridgehead atoms. The highest BCUT2D eigenvalue weighted by molar-refractivity contribution is 5.92. The summed E-state index contributed by atoms with van der Waals surface area (Å²) in [6, 6.07) is 8.07. The smallest absolute Gasteiger partial charge is 0.227 e. The Morgan fingerprint density at radius 3 is 2.68 bits per heavy atom. The van der Waals surface area contributed by atoms with Crippen molar-refractivity contribution in [2.45, 2.75) is 45.6 Å². The largest absolute Gasteiger partial charge is 0.385 e. The first-order chi connectivity index (χ1) is 13.4. The lowest BCUT2D eigenvalue weighted by Gasteiger charge is -2.38. The summed E-state index contributed by atoms with van der Waals surface area (Å²) in [6.45, 7) is 7.34. The van der Waals surface area contributed by atoms with E-state index < -0.39 is 5.60 Å². The first-order valence-electron chi connectivity index (χ1n) is 9.86. The number of aromatic amines is 1. The van der Waals surface area contributed by atoms with E-state index in [-0.39, 0.29) is 5.91 Å². The summed E-state index contributed by atoms with van der Waals surface area (Å²) in [5.41, 5.74) is 5.61. The number of piperidine rings is 1. The van der Waals surface area contributed by atoms with Gasteiger partial charge in [0.1, 0.15) is 0 Å². The number of hydrogen-bond donors (Lipinski definition) is 2. The van der Waals surface area contributed by atoms with Crippen molar-refractivity contribution >= 4 is 16.8 Å². The molecule has 1 saturated heterocycles. The topological polar surface area (TPSA) is 69.2 Å². The zero-order chi connectivity index (χ0) is 19.9. The molecular formula is C23H27N3O2. The van der Waals surface area contributed by atoms with E-state index in [1.54, 1.807) is 12.4 Å². The van der Waals surface area contributed by atoms with Crippen LogP contribution in [0.4, 0.5) is 0 Å². The summed E-state index contributed by atoms with van der Waals surface area (Å²) in [5.74, 6) is 0.122. The first-order valence-corrected chi connectivity index (χ1v) is 9.86. The highest BCUT2D eigenvalue weighted by Gasteiger charge is 2.35. The van der Waals surface area contributed by atoms with Crippen LogP contribution in [0.15, 0.2) is 36.7 Å². The van der Waals surface area contributed by atoms with Crippen LogP contribution in [-0.2, 0) is 16.8 Å². The number of aromatic nitrogens is 2. The predicted molar refractivity (Wildman–Crippen MR) is 110 cm³/mol. The van der Waals surface area contributed by atoms with Crippen LogP contribution < -0.4 is 0 Å². The van der Waals surface area contributed by atoms with Crippen molar-refractivity contribution in [1.29, 1.82) is 0 Å². The van der Waals surface area contributed by atoms with Crippen LogP contribution in [0, 0.1) is 20.8 Å². The number of pyridine rings is 1. The number of carbonyl (C=O) groups is 1. The van der Waals surface area contributed by atoms with E-state index in [0.29, 0.717) is 32.4 Å². The third kappa shape index (κ3) is 3.31. The predicted octanol–water partition coefficient (Wildman–Crippen LogP) is 3.54. The maximum absolute atomic E-state index is 13.0. The summed E-state index contributed by atoms with van der Waals surface area (Å²) >= 11 is 0. The second-order valence-corrected chi connectivity index (χ2v) is 8.06. The van der Waals surface area contributed by atoms with Gasteiger partial charge in [-0.15, -0.1) is 0 Å². The van der Waals surface area contributed by atoms with Gasteiger partial charge >= 0.3 is 0 Å². The van der Waals surface area contributed by atoms with Gasteiger partial charge in [-0.1, -0.05) is 17.7 Å². The van der Waals surface area contributed by atoms with Crippen molar-refractivity contribution in [2.24, 2.45) is 0 Å². The molecule has 3 heterocycles. The Morgan fingerprint density at radius 2 is 2.00 bits per heavy atom. The van der Waals surface area contributed by atoms with Crippen LogP contribution in [-0.4, -0.2) is 39.0 Å². The molecule has 0 spiro atoms. The molecule has 3 aromatic rings. The number of likely N-dealkylation sites (tertiary alicyclic amines) is 1. The summed E-state index contributed by atoms with van der Waals surface area (Å²) in [5, 5.41) is 12.1. The second kappa shape index (κ2) is 7.06. The number of amides is 1. The van der Waals surface area contributed by atoms with Crippen molar-refractivity contribution in [1.82, 2.24) is 14.9 Å². The number of nitrogens with one attached hydrogen (secondary N) is 1. The number of aliphatic hydroxyl groups is 1. The first kappa shape index (κ1) is 18.7. The van der Waals surface area contributed by atoms with Gasteiger partial charge in [-0.25, -0.2) is 0 Å². The van der Waals surface area contributed by atoms with Crippen molar-refractivity contribution in [3.05, 3.63) is 64.6 Å². The highest BCUT2D eigenvalue weighted by atomic mass is 16.3. The molecule has 4 rings (SSSR count). The van der Waals surface area contributed by atoms with Crippen LogP contribution in [0.2, 0.25) is 0 Å². The Labute approximate surface area is 165 Å². The standard InChI is InChI=1S/C23H27N3O2/c1-15-11-16(2)22-20(12-15)19(17(3)25-22)13-21(27)26-9-6-23(28,7-10-26)18-5-4-8-24-14-18/h4-5,8,11-12,14,25,28H,6-7,9-10,13H2,1-3H3. The molecule has 2 aromatic heterocycles. The van der Waals surface area contributed by atoms with E-state index in [2.05, 4.69) is 35.9 Å². The Balaban J connectivity index is 1.50. The second-order valence-electron chi connectivity index (χ2n) is 8.06. The average molecular weight is 377 g/mol. The minimum atomic E-state index is -0.893. The summed E-state index contributed by atoms with van der Waals surface area (Å²) < 4.78 is 0. The molecule has 1 aliphatic heterocycles. The Kier molecular flexibility index (Phi) is 4.71. The number of carbonyl (C=O) groups excluding carboxylic acids is 1. The minimum absolute atomic E-state index is 0.122. The Morgan fingerprint density at radius 1 is 1.25 bits per heavy atom. The third-order valence-electron chi connectivity index (χ3n) is 6.04. The van der Waals surface area contributed by atoms with Crippen LogP contribution in [0.5, 0.6) is 0 Å². The van der Waals surface area contributed by atoms with Crippen molar-refractivity contribution in [3.63, 3.8) is 0 Å². The number of rotatable bonds is 3. The zero-order valence-electron chi connectivity index (χ0n) is 16.7. The highest BCUT2D eigenvalue weighted by Crippen LogP contribution is 2.33. The quantitative estimate of drug-likeness (QED) is 0.733. The van der Waals surface area contributed by atoms with E-state index in [0.717, 1.165) is 27.7 Å². The number of hydrogen-bond acceptors (Lipinski definition) is 3. The SMILES string of the molecule is Cc1cc(C)c2[nH]c(C)c(CC(=O)N3CCC(O)(c4cccnc4)CC3)c2c1. The van der Waals surface area contributed by atoms with E-state index in [9.17, 15) is 9.90 Å². The van der Waals surface area contributed by atoms with E-state index in [4.69, 9.17) is 0 Å². The maximum Gasteiger partial charge on any atom is 0.227 e. The molecule has 0 radical (unpaired) electrons. The molecule has 0 saturated carbocycles. The molecule has 146 valence electrons. The van der Waals surface area contributed by atoms with Crippen LogP contribution in [0.1, 0.15) is 40.8 Å². The molecule has 2 N–H and O–H groups in total. The molecule has 0 unspecified atom stereocenters. The Bertz CT molecular complexity index is 1020. The molecule has 5 heteroatoms. The molecule has 1 aromatic carbocycles. The summed E-state index contributed by atoms with van der Waals surface area (Å²) in [4.78, 5) is 22.4. The average Bonchev–Trinajstić information content (AvgIpc) is 2.99. The zero-order valence-corrected chi connectivity index (χ0v) is 16.7. The van der Waals surface area contributed by atoms with E-state index >= 15 is 0 Å². The number of nitrogens with zero attached hydrogens (tertiary/aromatic N) is 2. The third-order valence-corrected chi connectivity index (χ3v) is 6.04. The molecule has 0 aliphatic carbocycles. The van der Waals surface area contributed by atoms with Gasteiger partial charge in [0.05, 0.1) is 12.0 Å². The lowest BCUT2D eigenvalue weighted by molar-refractivity contribution is -0.135. The summed E-state index contributed by atoms with van der Waals surface area (Å²) in [7, 11) is 0. The minimum Gasteiger partial charge on any atom is -0.385 e. The van der Waals surface area contributed by atoms with Gasteiger partial charge in [0, 0.05) is 47.6 Å². The number of H-pyrrole nitrogens is 1. The molecule has 0 atom stereocenters. The van der Waals surface area contributed by atoms with Gasteiger partial charge in [0.25, 0.3) is 0 Å². The summed E-state index contributed by atoms with van der Waals surface area (Å²) in [6.07, 6.45) is 4.89. The monoisotopic (exact) mass is 377 g/mol. The maximum atomic E-state index is 13.0. The van der Waals surface area contributed by atoms with Crippen molar-refractivity contribution < 1.29 is 9.90 Å². The van der Waals surface area contributed by atoms with Gasteiger partial charge in [-0.05, 0) is 56.9 Å². The molecule has 1 aliphatic rings. The lowest BCUT2D eigenvalue weighted by atomic mass is 9.85. The normalized spacial score (nSPS) is 16.5. The van der Waals surface area contributed by atoms with Crippen molar-refractivity contribution in [2.75, 3.05) is 13.1 Å². The van der Waals surface area contributed by atoms with Gasteiger partial charge in [0.15, 0.2) is 0 Å². The Hall–Kier alpha value is -2.66. The molecule has 1 fully saturated rings. The van der Waals surface area contributed by atoms with Gasteiger partial charge < -0.3 is 15.0 Å². The fourth-order valence-corrected chi connectivity index (χ4v) is 4.38. The number of benzene rings is 1.